The van der Waals surface area contributed by atoms with Crippen LogP contribution in [0.25, 0.3) is 0 Å². The predicted molar refractivity (Wildman–Crippen MR) is 59.0 cm³/mol. The molecular formula is C11H16ClN3. The van der Waals surface area contributed by atoms with Crippen molar-refractivity contribution in [3.8, 4) is 0 Å². The third-order valence-corrected chi connectivity index (χ3v) is 4.06. The molecule has 2 fully saturated rings. The number of hydrogen-bond donors (Lipinski definition) is 0. The highest BCUT2D eigenvalue weighted by Crippen LogP contribution is 2.46. The van der Waals surface area contributed by atoms with Crippen molar-refractivity contribution in [2.24, 2.45) is 5.92 Å². The van der Waals surface area contributed by atoms with Crippen molar-refractivity contribution >= 4 is 11.6 Å². The Hall–Kier alpha value is -0.570. The number of halogens is 1. The number of hydrogen-bond acceptors (Lipinski definition) is 2. The second-order valence-electron chi connectivity index (χ2n) is 4.91. The first kappa shape index (κ1) is 9.64. The number of alkyl halides is 1. The summed E-state index contributed by atoms with van der Waals surface area (Å²) < 4.78 is 2.16. The van der Waals surface area contributed by atoms with Gasteiger partial charge in [-0.3, -0.25) is 0 Å². The van der Waals surface area contributed by atoms with E-state index >= 15 is 0 Å². The summed E-state index contributed by atoms with van der Waals surface area (Å²) >= 11 is 5.92. The minimum Gasteiger partial charge on any atom is -0.245 e. The Labute approximate surface area is 94.8 Å². The fourth-order valence-corrected chi connectivity index (χ4v) is 2.61. The summed E-state index contributed by atoms with van der Waals surface area (Å²) in [5, 5.41) is 8.50. The largest absolute Gasteiger partial charge is 0.245 e. The van der Waals surface area contributed by atoms with Gasteiger partial charge in [0.1, 0.15) is 5.69 Å². The molecule has 1 aromatic heterocycles. The van der Waals surface area contributed by atoms with Crippen LogP contribution in [0.4, 0.5) is 0 Å². The molecule has 82 valence electrons. The highest BCUT2D eigenvalue weighted by Gasteiger charge is 2.39. The van der Waals surface area contributed by atoms with Gasteiger partial charge in [0.05, 0.1) is 17.6 Å². The monoisotopic (exact) mass is 225 g/mol. The molecule has 2 saturated carbocycles. The van der Waals surface area contributed by atoms with Crippen LogP contribution in [0.15, 0.2) is 0 Å². The summed E-state index contributed by atoms with van der Waals surface area (Å²) in [6.45, 7) is 2.28. The third-order valence-electron chi connectivity index (χ3n) is 3.80. The normalized spacial score (nSPS) is 30.3. The van der Waals surface area contributed by atoms with E-state index in [0.29, 0.717) is 17.8 Å². The van der Waals surface area contributed by atoms with E-state index in [4.69, 9.17) is 11.6 Å². The highest BCUT2D eigenvalue weighted by molar-refractivity contribution is 6.16. The predicted octanol–water partition coefficient (Wildman–Crippen LogP) is 2.87. The fraction of sp³-hybridized carbons (Fsp3) is 0.818. The van der Waals surface area contributed by atoms with Crippen molar-refractivity contribution in [3.63, 3.8) is 0 Å². The molecule has 0 aliphatic heterocycles. The Morgan fingerprint density at radius 2 is 2.20 bits per heavy atom. The molecule has 2 aliphatic rings. The molecule has 2 unspecified atom stereocenters. The lowest BCUT2D eigenvalue weighted by Crippen LogP contribution is -2.16. The zero-order chi connectivity index (χ0) is 10.4. The van der Waals surface area contributed by atoms with Crippen LogP contribution in [-0.2, 0) is 5.88 Å². The van der Waals surface area contributed by atoms with Gasteiger partial charge in [0, 0.05) is 5.92 Å². The fourth-order valence-electron chi connectivity index (χ4n) is 2.42. The molecular weight excluding hydrogens is 210 g/mol. The Balaban J connectivity index is 1.95. The summed E-state index contributed by atoms with van der Waals surface area (Å²) in [7, 11) is 0. The maximum absolute atomic E-state index is 5.92. The van der Waals surface area contributed by atoms with Gasteiger partial charge in [-0.1, -0.05) is 18.6 Å². The standard InChI is InChI=1S/C11H16ClN3/c1-7-5-10(7)15-11(8-3-2-4-8)9(6-12)13-14-15/h7-8,10H,2-6H2,1H3. The van der Waals surface area contributed by atoms with Crippen LogP contribution in [0.2, 0.25) is 0 Å². The van der Waals surface area contributed by atoms with Gasteiger partial charge >= 0.3 is 0 Å². The number of aromatic nitrogens is 3. The molecule has 3 nitrogen and oxygen atoms in total. The van der Waals surface area contributed by atoms with E-state index in [1.165, 1.54) is 31.4 Å². The molecule has 0 aromatic carbocycles. The van der Waals surface area contributed by atoms with Gasteiger partial charge in [0.25, 0.3) is 0 Å². The maximum atomic E-state index is 5.92. The van der Waals surface area contributed by atoms with Crippen molar-refractivity contribution in [1.82, 2.24) is 15.0 Å². The average Bonchev–Trinajstić information content (AvgIpc) is 2.74. The van der Waals surface area contributed by atoms with Crippen LogP contribution in [-0.4, -0.2) is 15.0 Å². The van der Waals surface area contributed by atoms with Crippen LogP contribution in [0.1, 0.15) is 56.0 Å². The van der Waals surface area contributed by atoms with Gasteiger partial charge < -0.3 is 0 Å². The first-order valence-electron chi connectivity index (χ1n) is 5.81. The first-order chi connectivity index (χ1) is 7.31. The molecule has 2 atom stereocenters. The topological polar surface area (TPSA) is 30.7 Å². The molecule has 0 spiro atoms. The molecule has 0 N–H and O–H groups in total. The van der Waals surface area contributed by atoms with E-state index in [1.807, 2.05) is 0 Å². The summed E-state index contributed by atoms with van der Waals surface area (Å²) in [5.74, 6) is 1.96. The van der Waals surface area contributed by atoms with E-state index in [-0.39, 0.29) is 0 Å². The van der Waals surface area contributed by atoms with Crippen LogP contribution >= 0.6 is 11.6 Å². The maximum Gasteiger partial charge on any atom is 0.101 e. The van der Waals surface area contributed by atoms with Gasteiger partial charge in [0.2, 0.25) is 0 Å². The second-order valence-corrected chi connectivity index (χ2v) is 5.17. The van der Waals surface area contributed by atoms with Crippen molar-refractivity contribution in [1.29, 1.82) is 0 Å². The lowest BCUT2D eigenvalue weighted by Gasteiger charge is -2.26. The summed E-state index contributed by atoms with van der Waals surface area (Å²) in [4.78, 5) is 0. The van der Waals surface area contributed by atoms with Gasteiger partial charge in [-0.25, -0.2) is 4.68 Å². The molecule has 1 heterocycles. The zero-order valence-electron chi connectivity index (χ0n) is 8.99. The van der Waals surface area contributed by atoms with Crippen LogP contribution in [0, 0.1) is 5.92 Å². The average molecular weight is 226 g/mol. The minimum absolute atomic E-state index is 0.507. The van der Waals surface area contributed by atoms with Crippen molar-refractivity contribution < 1.29 is 0 Å². The van der Waals surface area contributed by atoms with Gasteiger partial charge in [-0.2, -0.15) is 0 Å². The van der Waals surface area contributed by atoms with Crippen LogP contribution in [0.5, 0.6) is 0 Å². The third kappa shape index (κ3) is 1.48. The summed E-state index contributed by atoms with van der Waals surface area (Å²) in [5.41, 5.74) is 2.35. The number of rotatable bonds is 3. The molecule has 1 aromatic rings. The smallest absolute Gasteiger partial charge is 0.101 e. The van der Waals surface area contributed by atoms with Crippen molar-refractivity contribution in [3.05, 3.63) is 11.4 Å². The second kappa shape index (κ2) is 3.48. The van der Waals surface area contributed by atoms with E-state index in [0.717, 1.165) is 11.6 Å². The molecule has 0 radical (unpaired) electrons. The SMILES string of the molecule is CC1CC1n1nnc(CCl)c1C1CCC1. The summed E-state index contributed by atoms with van der Waals surface area (Å²) in [6.07, 6.45) is 5.18. The lowest BCUT2D eigenvalue weighted by atomic mass is 9.82. The molecule has 0 amide bonds. The summed E-state index contributed by atoms with van der Waals surface area (Å²) in [6, 6.07) is 0.602. The van der Waals surface area contributed by atoms with E-state index in [2.05, 4.69) is 21.9 Å². The van der Waals surface area contributed by atoms with Crippen molar-refractivity contribution in [2.75, 3.05) is 0 Å². The minimum atomic E-state index is 0.507. The quantitative estimate of drug-likeness (QED) is 0.741. The van der Waals surface area contributed by atoms with E-state index in [1.54, 1.807) is 0 Å². The first-order valence-corrected chi connectivity index (χ1v) is 6.34. The molecule has 0 bridgehead atoms. The Morgan fingerprint density at radius 3 is 2.67 bits per heavy atom. The lowest BCUT2D eigenvalue weighted by molar-refractivity contribution is 0.384. The van der Waals surface area contributed by atoms with Crippen LogP contribution < -0.4 is 0 Å². The Morgan fingerprint density at radius 1 is 1.47 bits per heavy atom. The Bertz CT molecular complexity index is 370. The molecule has 4 heteroatoms. The number of nitrogens with zero attached hydrogens (tertiary/aromatic N) is 3. The highest BCUT2D eigenvalue weighted by atomic mass is 35.5. The van der Waals surface area contributed by atoms with Gasteiger partial charge in [-0.15, -0.1) is 16.7 Å². The molecule has 2 aliphatic carbocycles. The van der Waals surface area contributed by atoms with E-state index < -0.39 is 0 Å². The van der Waals surface area contributed by atoms with Gasteiger partial charge in [0.15, 0.2) is 0 Å². The molecule has 0 saturated heterocycles. The molecule has 15 heavy (non-hydrogen) atoms. The van der Waals surface area contributed by atoms with Gasteiger partial charge in [-0.05, 0) is 25.2 Å². The van der Waals surface area contributed by atoms with Crippen molar-refractivity contribution in [2.45, 2.75) is 50.4 Å². The van der Waals surface area contributed by atoms with Crippen LogP contribution in [0.3, 0.4) is 0 Å². The zero-order valence-corrected chi connectivity index (χ0v) is 9.74. The molecule has 3 rings (SSSR count). The van der Waals surface area contributed by atoms with E-state index in [9.17, 15) is 0 Å². The Kier molecular flexibility index (Phi) is 2.23.